The van der Waals surface area contributed by atoms with Gasteiger partial charge in [-0.3, -0.25) is 9.59 Å². The van der Waals surface area contributed by atoms with Crippen LogP contribution in [0.4, 0.5) is 4.79 Å². The molecular weight excluding hydrogens is 540 g/mol. The summed E-state index contributed by atoms with van der Waals surface area (Å²) < 4.78 is 5.68. The van der Waals surface area contributed by atoms with E-state index in [0.29, 0.717) is 5.06 Å². The Labute approximate surface area is 242 Å². The van der Waals surface area contributed by atoms with Crippen molar-refractivity contribution in [3.8, 4) is 11.1 Å². The van der Waals surface area contributed by atoms with Crippen LogP contribution in [0, 0.1) is 5.41 Å². The van der Waals surface area contributed by atoms with E-state index in [0.717, 1.165) is 22.3 Å². The SMILES string of the molecule is CC(C)(C)[C@H](CCC(=O)ON1C(=O)c2ccccc2C1=O)NC(=O)OCC1c2ccccc2-c2ccccc21.O=C=O. The van der Waals surface area contributed by atoms with Crippen molar-refractivity contribution in [1.82, 2.24) is 10.4 Å². The Bertz CT molecular complexity index is 1470. The first-order valence-corrected chi connectivity index (χ1v) is 13.4. The van der Waals surface area contributed by atoms with Crippen LogP contribution in [0.5, 0.6) is 0 Å². The van der Waals surface area contributed by atoms with Crippen LogP contribution in [-0.2, 0) is 24.0 Å². The van der Waals surface area contributed by atoms with Crippen LogP contribution in [0.3, 0.4) is 0 Å². The van der Waals surface area contributed by atoms with Crippen molar-refractivity contribution in [2.45, 2.75) is 45.6 Å². The van der Waals surface area contributed by atoms with Crippen LogP contribution in [0.25, 0.3) is 11.1 Å². The minimum atomic E-state index is -0.743. The predicted octanol–water partition coefficient (Wildman–Crippen LogP) is 4.89. The standard InChI is InChI=1S/C31H30N2O6.CO2/c1-31(2,3)26(16-17-27(34)39-33-28(35)23-14-8-9-15-24(23)29(33)36)32-30(37)38-18-25-21-12-6-4-10-19(21)20-11-5-7-13-22(20)25;2-1-3/h4-15,25-26H,16-18H2,1-3H3,(H,32,37);/t26-;/m0./s1. The van der Waals surface area contributed by atoms with Crippen molar-refractivity contribution in [2.24, 2.45) is 5.41 Å². The highest BCUT2D eigenvalue weighted by Crippen LogP contribution is 2.44. The summed E-state index contributed by atoms with van der Waals surface area (Å²) in [6.45, 7) is 6.00. The van der Waals surface area contributed by atoms with Crippen LogP contribution in [0.2, 0.25) is 0 Å². The molecule has 1 aliphatic heterocycles. The Morgan fingerprint density at radius 2 is 1.29 bits per heavy atom. The highest BCUT2D eigenvalue weighted by Gasteiger charge is 2.39. The molecule has 5 rings (SSSR count). The zero-order valence-electron chi connectivity index (χ0n) is 23.4. The molecule has 3 aromatic rings. The molecule has 2 aliphatic rings. The van der Waals surface area contributed by atoms with Gasteiger partial charge in [0.2, 0.25) is 0 Å². The Morgan fingerprint density at radius 3 is 1.76 bits per heavy atom. The lowest BCUT2D eigenvalue weighted by Gasteiger charge is -2.31. The molecule has 0 bridgehead atoms. The molecule has 0 radical (unpaired) electrons. The van der Waals surface area contributed by atoms with Gasteiger partial charge in [0.15, 0.2) is 0 Å². The lowest BCUT2D eigenvalue weighted by Crippen LogP contribution is -2.44. The number of nitrogens with zero attached hydrogens (tertiary/aromatic N) is 1. The first-order chi connectivity index (χ1) is 20.1. The third kappa shape index (κ3) is 6.29. The molecule has 1 aliphatic carbocycles. The van der Waals surface area contributed by atoms with E-state index >= 15 is 0 Å². The van der Waals surface area contributed by atoms with Crippen LogP contribution >= 0.6 is 0 Å². The fourth-order valence-electron chi connectivity index (χ4n) is 5.16. The normalized spacial score (nSPS) is 14.0. The predicted molar refractivity (Wildman–Crippen MR) is 149 cm³/mol. The van der Waals surface area contributed by atoms with Crippen molar-refractivity contribution < 1.29 is 38.3 Å². The van der Waals surface area contributed by atoms with Gasteiger partial charge in [0.05, 0.1) is 11.1 Å². The molecule has 1 heterocycles. The van der Waals surface area contributed by atoms with E-state index in [9.17, 15) is 19.2 Å². The van der Waals surface area contributed by atoms with E-state index in [2.05, 4.69) is 29.6 Å². The number of carbonyl (C=O) groups is 4. The maximum absolute atomic E-state index is 12.9. The van der Waals surface area contributed by atoms with Gasteiger partial charge in [-0.1, -0.05) is 86.5 Å². The molecule has 0 spiro atoms. The number of benzene rings is 3. The highest BCUT2D eigenvalue weighted by atomic mass is 16.7. The van der Waals surface area contributed by atoms with Gasteiger partial charge < -0.3 is 14.9 Å². The van der Waals surface area contributed by atoms with Gasteiger partial charge in [-0.05, 0) is 46.2 Å². The van der Waals surface area contributed by atoms with E-state index in [1.807, 2.05) is 45.0 Å². The molecule has 10 heteroatoms. The Kier molecular flexibility index (Phi) is 8.98. The molecule has 0 aromatic heterocycles. The summed E-state index contributed by atoms with van der Waals surface area (Å²) in [5, 5.41) is 3.39. The fourth-order valence-corrected chi connectivity index (χ4v) is 5.16. The monoisotopic (exact) mass is 570 g/mol. The number of hydroxylamine groups is 2. The van der Waals surface area contributed by atoms with Crippen molar-refractivity contribution in [1.29, 1.82) is 0 Å². The van der Waals surface area contributed by atoms with Gasteiger partial charge in [0, 0.05) is 18.4 Å². The zero-order valence-corrected chi connectivity index (χ0v) is 23.4. The molecule has 42 heavy (non-hydrogen) atoms. The van der Waals surface area contributed by atoms with Crippen LogP contribution in [0.1, 0.15) is 71.4 Å². The maximum atomic E-state index is 12.9. The summed E-state index contributed by atoms with van der Waals surface area (Å²) in [5.41, 5.74) is 4.52. The first-order valence-electron chi connectivity index (χ1n) is 13.4. The average Bonchev–Trinajstić information content (AvgIpc) is 3.41. The molecule has 216 valence electrons. The number of hydrogen-bond donors (Lipinski definition) is 1. The van der Waals surface area contributed by atoms with Gasteiger partial charge in [0.1, 0.15) is 6.61 Å². The molecule has 3 aromatic carbocycles. The highest BCUT2D eigenvalue weighted by molar-refractivity contribution is 6.20. The Balaban J connectivity index is 0.00000129. The van der Waals surface area contributed by atoms with Crippen molar-refractivity contribution >= 4 is 30.0 Å². The van der Waals surface area contributed by atoms with Gasteiger partial charge in [0.25, 0.3) is 11.8 Å². The minimum Gasteiger partial charge on any atom is -0.449 e. The average molecular weight is 571 g/mol. The summed E-state index contributed by atoms with van der Waals surface area (Å²) in [6.07, 6.45) is -0.209. The fraction of sp³-hybridized carbons (Fsp3) is 0.281. The number of fused-ring (bicyclic) bond motifs is 4. The number of nitrogens with one attached hydrogen (secondary N) is 1. The van der Waals surface area contributed by atoms with E-state index in [4.69, 9.17) is 19.2 Å². The number of rotatable bonds is 7. The third-order valence-electron chi connectivity index (χ3n) is 7.27. The lowest BCUT2D eigenvalue weighted by atomic mass is 9.84. The lowest BCUT2D eigenvalue weighted by molar-refractivity contribution is -0.191. The molecule has 1 N–H and O–H groups in total. The van der Waals surface area contributed by atoms with E-state index in [1.165, 1.54) is 12.1 Å². The zero-order chi connectivity index (χ0) is 30.4. The number of alkyl carbamates (subject to hydrolysis) is 1. The van der Waals surface area contributed by atoms with Crippen LogP contribution in [0.15, 0.2) is 72.8 Å². The number of carbonyl (C=O) groups excluding carboxylic acids is 6. The molecule has 0 saturated heterocycles. The van der Waals surface area contributed by atoms with E-state index < -0.39 is 35.3 Å². The molecule has 1 atom stereocenters. The van der Waals surface area contributed by atoms with Crippen molar-refractivity contribution in [2.75, 3.05) is 6.61 Å². The molecule has 3 amide bonds. The smallest absolute Gasteiger partial charge is 0.407 e. The van der Waals surface area contributed by atoms with E-state index in [-0.39, 0.29) is 42.6 Å². The largest absolute Gasteiger partial charge is 0.449 e. The van der Waals surface area contributed by atoms with Crippen molar-refractivity contribution in [3.05, 3.63) is 95.1 Å². The van der Waals surface area contributed by atoms with E-state index in [1.54, 1.807) is 12.1 Å². The summed E-state index contributed by atoms with van der Waals surface area (Å²) >= 11 is 0. The van der Waals surface area contributed by atoms with Gasteiger partial charge in [-0.25, -0.2) is 9.59 Å². The summed E-state index contributed by atoms with van der Waals surface area (Å²) in [6, 6.07) is 22.1. The molecule has 0 fully saturated rings. The molecule has 0 saturated carbocycles. The second kappa shape index (κ2) is 12.6. The Morgan fingerprint density at radius 1 is 0.833 bits per heavy atom. The number of hydrogen-bond acceptors (Lipinski definition) is 8. The number of amides is 3. The van der Waals surface area contributed by atoms with Crippen molar-refractivity contribution in [3.63, 3.8) is 0 Å². The first kappa shape index (κ1) is 29.9. The van der Waals surface area contributed by atoms with Gasteiger partial charge in [-0.2, -0.15) is 9.59 Å². The van der Waals surface area contributed by atoms with Gasteiger partial charge in [-0.15, -0.1) is 0 Å². The minimum absolute atomic E-state index is 0.0640. The molecule has 0 unspecified atom stereocenters. The number of imide groups is 1. The summed E-state index contributed by atoms with van der Waals surface area (Å²) in [4.78, 5) is 71.8. The second-order valence-electron chi connectivity index (χ2n) is 10.9. The van der Waals surface area contributed by atoms with Crippen LogP contribution < -0.4 is 5.32 Å². The summed E-state index contributed by atoms with van der Waals surface area (Å²) in [7, 11) is 0. The number of ether oxygens (including phenoxy) is 1. The quantitative estimate of drug-likeness (QED) is 0.397. The van der Waals surface area contributed by atoms with Crippen LogP contribution in [-0.4, -0.2) is 47.7 Å². The molecule has 10 nitrogen and oxygen atoms in total. The molecular formula is C32H30N2O8. The summed E-state index contributed by atoms with van der Waals surface area (Å²) in [5.74, 6) is -2.15. The topological polar surface area (TPSA) is 136 Å². The maximum Gasteiger partial charge on any atom is 0.407 e. The van der Waals surface area contributed by atoms with Gasteiger partial charge >= 0.3 is 18.2 Å². The Hall–Kier alpha value is -5.08. The second-order valence-corrected chi connectivity index (χ2v) is 10.9. The third-order valence-corrected chi connectivity index (χ3v) is 7.27.